The minimum atomic E-state index is 0. The Morgan fingerprint density at radius 3 is 2.68 bits per heavy atom. The Hall–Kier alpha value is -2.59. The van der Waals surface area contributed by atoms with Crippen LogP contribution in [0, 0.1) is 5.92 Å². The second-order valence-corrected chi connectivity index (χ2v) is 8.72. The second kappa shape index (κ2) is 11.1. The first-order valence-electron chi connectivity index (χ1n) is 11.6. The van der Waals surface area contributed by atoms with Crippen molar-refractivity contribution in [2.24, 2.45) is 5.92 Å². The van der Waals surface area contributed by atoms with Gasteiger partial charge in [0.25, 0.3) is 0 Å². The fraction of sp³-hybridized carbons (Fsp3) is 0.444. The average Bonchev–Trinajstić information content (AvgIpc) is 2.79. The maximum Gasteiger partial charge on any atom is 0.130 e. The van der Waals surface area contributed by atoms with Crippen molar-refractivity contribution < 1.29 is 1.43 Å². The molecule has 0 radical (unpaired) electrons. The smallest absolute Gasteiger partial charge is 0.130 e. The van der Waals surface area contributed by atoms with Crippen LogP contribution in [0.4, 0.5) is 5.82 Å². The molecule has 4 heteroatoms. The third-order valence-corrected chi connectivity index (χ3v) is 6.11. The van der Waals surface area contributed by atoms with Crippen LogP contribution in [0.15, 0.2) is 61.1 Å². The highest BCUT2D eigenvalue weighted by Gasteiger charge is 2.22. The van der Waals surface area contributed by atoms with Crippen LogP contribution < -0.4 is 5.32 Å². The first kappa shape index (κ1) is 23.1. The molecule has 1 aromatic heterocycles. The zero-order valence-electron chi connectivity index (χ0n) is 19.7. The zero-order valence-corrected chi connectivity index (χ0v) is 19.7. The topological polar surface area (TPSA) is 31.4 Å². The Morgan fingerprint density at radius 2 is 2.03 bits per heavy atom. The quantitative estimate of drug-likeness (QED) is 0.476. The molecule has 1 saturated heterocycles. The molecule has 1 aliphatic rings. The molecule has 0 saturated carbocycles. The summed E-state index contributed by atoms with van der Waals surface area (Å²) in [7, 11) is 4.06. The van der Waals surface area contributed by atoms with Gasteiger partial charge in [-0.25, -0.2) is 4.98 Å². The zero-order chi connectivity index (χ0) is 22.2. The van der Waals surface area contributed by atoms with E-state index in [4.69, 9.17) is 0 Å². The summed E-state index contributed by atoms with van der Waals surface area (Å²) in [5, 5.41) is 5.97. The summed E-state index contributed by atoms with van der Waals surface area (Å²) in [6.07, 6.45) is 13.2. The molecular formula is C27H40N4. The number of hydrogen-bond acceptors (Lipinski definition) is 4. The van der Waals surface area contributed by atoms with Crippen molar-refractivity contribution in [3.63, 3.8) is 0 Å². The third-order valence-electron chi connectivity index (χ3n) is 6.11. The number of fused-ring (bicyclic) bond motifs is 1. The van der Waals surface area contributed by atoms with Gasteiger partial charge in [-0.1, -0.05) is 44.2 Å². The van der Waals surface area contributed by atoms with Crippen LogP contribution in [0.25, 0.3) is 16.3 Å². The number of piperidine rings is 1. The molecular weight excluding hydrogens is 380 g/mol. The van der Waals surface area contributed by atoms with Crippen molar-refractivity contribution >= 4 is 22.2 Å². The third kappa shape index (κ3) is 6.20. The van der Waals surface area contributed by atoms with Crippen LogP contribution in [-0.4, -0.2) is 48.5 Å². The molecule has 0 unspecified atom stereocenters. The van der Waals surface area contributed by atoms with E-state index < -0.39 is 0 Å². The average molecular weight is 421 g/mol. The fourth-order valence-electron chi connectivity index (χ4n) is 4.32. The molecule has 1 aromatic carbocycles. The van der Waals surface area contributed by atoms with Crippen molar-refractivity contribution in [1.82, 2.24) is 14.8 Å². The van der Waals surface area contributed by atoms with Crippen molar-refractivity contribution in [3.05, 3.63) is 66.7 Å². The van der Waals surface area contributed by atoms with E-state index in [1.165, 1.54) is 62.0 Å². The lowest BCUT2D eigenvalue weighted by molar-refractivity contribution is 0.197. The Labute approximate surface area is 189 Å². The molecule has 2 aromatic rings. The van der Waals surface area contributed by atoms with Gasteiger partial charge in [-0.15, -0.1) is 0 Å². The predicted molar refractivity (Wildman–Crippen MR) is 137 cm³/mol. The molecule has 0 aliphatic carbocycles. The lowest BCUT2D eigenvalue weighted by Gasteiger charge is -2.33. The summed E-state index contributed by atoms with van der Waals surface area (Å²) in [6.45, 7) is 12.0. The van der Waals surface area contributed by atoms with Gasteiger partial charge in [0.2, 0.25) is 0 Å². The van der Waals surface area contributed by atoms with E-state index in [1.807, 2.05) is 31.3 Å². The largest absolute Gasteiger partial charge is 0.383 e. The van der Waals surface area contributed by atoms with E-state index in [0.717, 1.165) is 16.8 Å². The van der Waals surface area contributed by atoms with E-state index in [-0.39, 0.29) is 1.43 Å². The summed E-state index contributed by atoms with van der Waals surface area (Å²) in [6, 6.07) is 8.66. The number of pyridine rings is 1. The van der Waals surface area contributed by atoms with E-state index >= 15 is 0 Å². The van der Waals surface area contributed by atoms with Gasteiger partial charge in [0.15, 0.2) is 0 Å². The highest BCUT2D eigenvalue weighted by atomic mass is 15.1. The van der Waals surface area contributed by atoms with Crippen LogP contribution in [-0.2, 0) is 0 Å². The van der Waals surface area contributed by atoms with E-state index in [1.54, 1.807) is 0 Å². The second-order valence-electron chi connectivity index (χ2n) is 8.72. The number of rotatable bonds is 9. The van der Waals surface area contributed by atoms with Crippen molar-refractivity contribution in [1.29, 1.82) is 0 Å². The number of unbranched alkanes of at least 4 members (excludes halogenated alkanes) is 1. The molecule has 1 aliphatic heterocycles. The molecule has 31 heavy (non-hydrogen) atoms. The van der Waals surface area contributed by atoms with Crippen molar-refractivity contribution in [2.75, 3.05) is 39.0 Å². The molecule has 2 heterocycles. The van der Waals surface area contributed by atoms with Crippen LogP contribution >= 0.6 is 0 Å². The number of nitrogens with zero attached hydrogens (tertiary/aromatic N) is 3. The summed E-state index contributed by atoms with van der Waals surface area (Å²) in [5.74, 6) is 1.50. The van der Waals surface area contributed by atoms with Crippen LogP contribution in [0.3, 0.4) is 0 Å². The standard InChI is InChI=1S/C27H38N4.H2/c1-6-9-14-31-15-12-22(13-16-31)26(8-3)29-27-18-25-17-23(10-11-24(25)19-28-27)21(7-2)20-30(4)5;/h7-8,10-11,17-20,22H,2,6,9,12-16H2,1,3-5H3,(H,28,29);1H/b21-20+,26-8-;. The van der Waals surface area contributed by atoms with Gasteiger partial charge in [-0.2, -0.15) is 0 Å². The number of anilines is 1. The molecule has 1 fully saturated rings. The number of allylic oxidation sites excluding steroid dienone is 4. The number of aromatic nitrogens is 1. The van der Waals surface area contributed by atoms with Crippen LogP contribution in [0.5, 0.6) is 0 Å². The van der Waals surface area contributed by atoms with E-state index in [2.05, 4.69) is 72.2 Å². The van der Waals surface area contributed by atoms with Crippen LogP contribution in [0.1, 0.15) is 46.5 Å². The number of nitrogens with one attached hydrogen (secondary N) is 1. The van der Waals surface area contributed by atoms with Gasteiger partial charge in [0.05, 0.1) is 0 Å². The number of benzene rings is 1. The molecule has 3 rings (SSSR count). The summed E-state index contributed by atoms with van der Waals surface area (Å²) in [5.41, 5.74) is 3.58. The SMILES string of the molecule is C=C/C(=C\N(C)C)c1ccc2cnc(N/C(=C\C)C3CCN(CCCC)CC3)cc2c1.[HH]. The summed E-state index contributed by atoms with van der Waals surface area (Å²) in [4.78, 5) is 9.34. The fourth-order valence-corrected chi connectivity index (χ4v) is 4.32. The highest BCUT2D eigenvalue weighted by Crippen LogP contribution is 2.28. The minimum absolute atomic E-state index is 0. The lowest BCUT2D eigenvalue weighted by atomic mass is 9.93. The van der Waals surface area contributed by atoms with Gasteiger partial charge >= 0.3 is 0 Å². The first-order chi connectivity index (χ1) is 15.0. The molecule has 1 N–H and O–H groups in total. The Balaban J connectivity index is 0.00000363. The number of hydrogen-bond donors (Lipinski definition) is 1. The normalized spacial score (nSPS) is 16.5. The Bertz CT molecular complexity index is 940. The Morgan fingerprint density at radius 1 is 1.26 bits per heavy atom. The maximum absolute atomic E-state index is 4.68. The monoisotopic (exact) mass is 420 g/mol. The first-order valence-corrected chi connectivity index (χ1v) is 11.6. The van der Waals surface area contributed by atoms with Gasteiger partial charge < -0.3 is 15.1 Å². The summed E-state index contributed by atoms with van der Waals surface area (Å²) < 4.78 is 0. The minimum Gasteiger partial charge on any atom is -0.383 e. The molecule has 0 amide bonds. The van der Waals surface area contributed by atoms with E-state index in [9.17, 15) is 0 Å². The van der Waals surface area contributed by atoms with Gasteiger partial charge in [-0.05, 0) is 74.5 Å². The van der Waals surface area contributed by atoms with E-state index in [0.29, 0.717) is 5.92 Å². The molecule has 0 bridgehead atoms. The van der Waals surface area contributed by atoms with Crippen molar-refractivity contribution in [2.45, 2.75) is 39.5 Å². The molecule has 0 spiro atoms. The number of likely N-dealkylation sites (tertiary alicyclic amines) is 1. The van der Waals surface area contributed by atoms with Crippen LogP contribution in [0.2, 0.25) is 0 Å². The molecule has 4 nitrogen and oxygen atoms in total. The maximum atomic E-state index is 4.68. The summed E-state index contributed by atoms with van der Waals surface area (Å²) >= 11 is 0. The molecule has 168 valence electrons. The van der Waals surface area contributed by atoms with Gasteiger partial charge in [-0.3, -0.25) is 0 Å². The van der Waals surface area contributed by atoms with Crippen molar-refractivity contribution in [3.8, 4) is 0 Å². The lowest BCUT2D eigenvalue weighted by Crippen LogP contribution is -2.35. The van der Waals surface area contributed by atoms with Gasteiger partial charge in [0.1, 0.15) is 5.82 Å². The highest BCUT2D eigenvalue weighted by molar-refractivity contribution is 5.88. The Kier molecular flexibility index (Phi) is 8.30. The molecule has 0 atom stereocenters. The van der Waals surface area contributed by atoms with Gasteiger partial charge in [0, 0.05) is 44.9 Å². The predicted octanol–water partition coefficient (Wildman–Crippen LogP) is 6.40.